The van der Waals surface area contributed by atoms with Crippen LogP contribution in [0.15, 0.2) is 24.3 Å². The number of hydrogen-bond acceptors (Lipinski definition) is 2. The number of unbranched alkanes of at least 4 members (excludes halogenated alkanes) is 3. The second-order valence-corrected chi connectivity index (χ2v) is 6.53. The van der Waals surface area contributed by atoms with Crippen molar-refractivity contribution >= 4 is 0 Å². The summed E-state index contributed by atoms with van der Waals surface area (Å²) >= 11 is 0. The van der Waals surface area contributed by atoms with Crippen molar-refractivity contribution in [2.45, 2.75) is 71.3 Å². The molecule has 2 nitrogen and oxygen atoms in total. The maximum atomic E-state index is 6.05. The van der Waals surface area contributed by atoms with Gasteiger partial charge < -0.3 is 9.47 Å². The predicted molar refractivity (Wildman–Crippen MR) is 92.4 cm³/mol. The Balaban J connectivity index is 1.72. The van der Waals surface area contributed by atoms with Crippen LogP contribution in [0, 0.1) is 5.92 Å². The van der Waals surface area contributed by atoms with E-state index in [4.69, 9.17) is 9.47 Å². The van der Waals surface area contributed by atoms with E-state index in [0.717, 1.165) is 37.7 Å². The van der Waals surface area contributed by atoms with Crippen molar-refractivity contribution in [2.24, 2.45) is 5.92 Å². The topological polar surface area (TPSA) is 18.5 Å². The van der Waals surface area contributed by atoms with Crippen molar-refractivity contribution in [3.63, 3.8) is 0 Å². The molecule has 0 aliphatic carbocycles. The highest BCUT2D eigenvalue weighted by molar-refractivity contribution is 5.28. The molecule has 1 saturated heterocycles. The quantitative estimate of drug-likeness (QED) is 0.528. The molecular weight excluding hydrogens is 272 g/mol. The van der Waals surface area contributed by atoms with E-state index >= 15 is 0 Å². The largest absolute Gasteiger partial charge is 0.494 e. The van der Waals surface area contributed by atoms with Gasteiger partial charge in [-0.1, -0.05) is 51.7 Å². The van der Waals surface area contributed by atoms with Crippen molar-refractivity contribution in [2.75, 3.05) is 13.2 Å². The zero-order chi connectivity index (χ0) is 15.6. The van der Waals surface area contributed by atoms with Gasteiger partial charge in [0.25, 0.3) is 0 Å². The zero-order valence-electron chi connectivity index (χ0n) is 14.4. The van der Waals surface area contributed by atoms with Gasteiger partial charge >= 0.3 is 0 Å². The summed E-state index contributed by atoms with van der Waals surface area (Å²) in [5, 5.41) is 0. The average Bonchev–Trinajstić information content (AvgIpc) is 2.56. The summed E-state index contributed by atoms with van der Waals surface area (Å²) in [5.41, 5.74) is 1.30. The lowest BCUT2D eigenvalue weighted by Crippen LogP contribution is -2.20. The molecule has 2 unspecified atom stereocenters. The van der Waals surface area contributed by atoms with Gasteiger partial charge in [-0.2, -0.15) is 0 Å². The van der Waals surface area contributed by atoms with Crippen molar-refractivity contribution < 1.29 is 9.47 Å². The first kappa shape index (κ1) is 17.3. The molecule has 0 aromatic heterocycles. The smallest absolute Gasteiger partial charge is 0.119 e. The molecule has 124 valence electrons. The molecule has 2 atom stereocenters. The molecule has 0 radical (unpaired) electrons. The van der Waals surface area contributed by atoms with Crippen LogP contribution in [0.1, 0.15) is 76.9 Å². The first-order valence-corrected chi connectivity index (χ1v) is 9.17. The molecule has 0 saturated carbocycles. The van der Waals surface area contributed by atoms with E-state index in [9.17, 15) is 0 Å². The molecule has 0 bridgehead atoms. The van der Waals surface area contributed by atoms with E-state index in [-0.39, 0.29) is 6.10 Å². The Bertz CT molecular complexity index is 391. The van der Waals surface area contributed by atoms with Gasteiger partial charge in [0, 0.05) is 0 Å². The normalized spacial score (nSPS) is 21.7. The summed E-state index contributed by atoms with van der Waals surface area (Å²) in [7, 11) is 0. The van der Waals surface area contributed by atoms with Crippen molar-refractivity contribution in [1.29, 1.82) is 0 Å². The standard InChI is InChI=1S/C20H32O2/c1-3-5-6-7-15-21-19-12-10-18(11-13-19)20-14-9-17(8-4-2)16-22-20/h10-13,17,20H,3-9,14-16H2,1-2H3. The van der Waals surface area contributed by atoms with Crippen LogP contribution in [0.2, 0.25) is 0 Å². The van der Waals surface area contributed by atoms with E-state index in [1.807, 2.05) is 0 Å². The van der Waals surface area contributed by atoms with Gasteiger partial charge in [-0.3, -0.25) is 0 Å². The molecule has 2 rings (SSSR count). The van der Waals surface area contributed by atoms with Gasteiger partial charge in [0.15, 0.2) is 0 Å². The van der Waals surface area contributed by atoms with Crippen LogP contribution < -0.4 is 4.74 Å². The molecule has 0 N–H and O–H groups in total. The first-order valence-electron chi connectivity index (χ1n) is 9.17. The molecule has 2 heteroatoms. The summed E-state index contributed by atoms with van der Waals surface area (Å²) in [4.78, 5) is 0. The number of hydrogen-bond donors (Lipinski definition) is 0. The van der Waals surface area contributed by atoms with E-state index in [1.165, 1.54) is 44.1 Å². The molecular formula is C20H32O2. The molecule has 0 amide bonds. The maximum Gasteiger partial charge on any atom is 0.119 e. The van der Waals surface area contributed by atoms with Gasteiger partial charge in [-0.05, 0) is 49.3 Å². The molecule has 1 aliphatic rings. The second-order valence-electron chi connectivity index (χ2n) is 6.53. The fourth-order valence-corrected chi connectivity index (χ4v) is 3.20. The fourth-order valence-electron chi connectivity index (χ4n) is 3.20. The van der Waals surface area contributed by atoms with Crippen LogP contribution >= 0.6 is 0 Å². The Labute approximate surface area is 136 Å². The van der Waals surface area contributed by atoms with Crippen LogP contribution in [-0.4, -0.2) is 13.2 Å². The van der Waals surface area contributed by atoms with Gasteiger partial charge in [0.05, 0.1) is 19.3 Å². The maximum absolute atomic E-state index is 6.05. The minimum atomic E-state index is 0.284. The third-order valence-electron chi connectivity index (χ3n) is 4.59. The van der Waals surface area contributed by atoms with Gasteiger partial charge in [-0.25, -0.2) is 0 Å². The number of benzene rings is 1. The van der Waals surface area contributed by atoms with E-state index in [1.54, 1.807) is 0 Å². The SMILES string of the molecule is CCCCCCOc1ccc(C2CCC(CCC)CO2)cc1. The Morgan fingerprint density at radius 2 is 1.82 bits per heavy atom. The molecule has 1 aromatic carbocycles. The summed E-state index contributed by atoms with van der Waals surface area (Å²) in [6.45, 7) is 6.25. The Hall–Kier alpha value is -1.02. The van der Waals surface area contributed by atoms with E-state index in [2.05, 4.69) is 38.1 Å². The lowest BCUT2D eigenvalue weighted by Gasteiger charge is -2.29. The summed E-state index contributed by atoms with van der Waals surface area (Å²) < 4.78 is 11.9. The average molecular weight is 304 g/mol. The highest BCUT2D eigenvalue weighted by Gasteiger charge is 2.22. The van der Waals surface area contributed by atoms with Gasteiger partial charge in [0.2, 0.25) is 0 Å². The first-order chi connectivity index (χ1) is 10.8. The minimum absolute atomic E-state index is 0.284. The van der Waals surface area contributed by atoms with E-state index in [0.29, 0.717) is 0 Å². The van der Waals surface area contributed by atoms with Crippen LogP contribution in [-0.2, 0) is 4.74 Å². The van der Waals surface area contributed by atoms with Crippen LogP contribution in [0.25, 0.3) is 0 Å². The van der Waals surface area contributed by atoms with Crippen LogP contribution in [0.5, 0.6) is 5.75 Å². The van der Waals surface area contributed by atoms with Gasteiger partial charge in [0.1, 0.15) is 5.75 Å². The summed E-state index contributed by atoms with van der Waals surface area (Å²) in [6.07, 6.45) is 10.3. The number of ether oxygens (including phenoxy) is 2. The molecule has 1 fully saturated rings. The van der Waals surface area contributed by atoms with Crippen molar-refractivity contribution in [3.05, 3.63) is 29.8 Å². The van der Waals surface area contributed by atoms with Crippen LogP contribution in [0.4, 0.5) is 0 Å². The molecule has 0 spiro atoms. The lowest BCUT2D eigenvalue weighted by atomic mass is 9.92. The lowest BCUT2D eigenvalue weighted by molar-refractivity contribution is -0.0194. The van der Waals surface area contributed by atoms with Crippen molar-refractivity contribution in [3.8, 4) is 5.75 Å². The van der Waals surface area contributed by atoms with Crippen LogP contribution in [0.3, 0.4) is 0 Å². The number of rotatable bonds is 9. The Morgan fingerprint density at radius 1 is 1.00 bits per heavy atom. The monoisotopic (exact) mass is 304 g/mol. The summed E-state index contributed by atoms with van der Waals surface area (Å²) in [6, 6.07) is 8.53. The highest BCUT2D eigenvalue weighted by Crippen LogP contribution is 2.32. The third kappa shape index (κ3) is 5.64. The molecule has 1 aliphatic heterocycles. The minimum Gasteiger partial charge on any atom is -0.494 e. The molecule has 1 heterocycles. The fraction of sp³-hybridized carbons (Fsp3) is 0.700. The molecule has 22 heavy (non-hydrogen) atoms. The second kappa shape index (κ2) is 9.89. The highest BCUT2D eigenvalue weighted by atomic mass is 16.5. The van der Waals surface area contributed by atoms with Crippen molar-refractivity contribution in [1.82, 2.24) is 0 Å². The predicted octanol–water partition coefficient (Wildman–Crippen LogP) is 5.91. The summed E-state index contributed by atoms with van der Waals surface area (Å²) in [5.74, 6) is 1.76. The Kier molecular flexibility index (Phi) is 7.79. The molecule has 1 aromatic rings. The Morgan fingerprint density at radius 3 is 2.45 bits per heavy atom. The van der Waals surface area contributed by atoms with E-state index < -0.39 is 0 Å². The third-order valence-corrected chi connectivity index (χ3v) is 4.59. The zero-order valence-corrected chi connectivity index (χ0v) is 14.4. The van der Waals surface area contributed by atoms with Gasteiger partial charge in [-0.15, -0.1) is 0 Å².